The van der Waals surface area contributed by atoms with E-state index < -0.39 is 4.92 Å². The van der Waals surface area contributed by atoms with Gasteiger partial charge in [-0.15, -0.1) is 0 Å². The fourth-order valence-corrected chi connectivity index (χ4v) is 2.83. The lowest BCUT2D eigenvalue weighted by Gasteiger charge is -2.26. The molecule has 1 aromatic heterocycles. The van der Waals surface area contributed by atoms with E-state index >= 15 is 0 Å². The van der Waals surface area contributed by atoms with E-state index in [0.717, 1.165) is 18.9 Å². The number of hydrogen-bond donors (Lipinski definition) is 1. The van der Waals surface area contributed by atoms with Gasteiger partial charge in [-0.05, 0) is 25.2 Å². The molecular formula is C10H13N5O2. The largest absolute Gasteiger partial charge is 0.378 e. The summed E-state index contributed by atoms with van der Waals surface area (Å²) in [4.78, 5) is 20.3. The molecule has 0 spiro atoms. The van der Waals surface area contributed by atoms with Crippen LogP contribution >= 0.6 is 0 Å². The van der Waals surface area contributed by atoms with Gasteiger partial charge in [0.15, 0.2) is 0 Å². The van der Waals surface area contributed by atoms with Crippen molar-refractivity contribution in [3.8, 4) is 0 Å². The zero-order valence-corrected chi connectivity index (χ0v) is 9.24. The number of nitrogens with zero attached hydrogens (tertiary/aromatic N) is 4. The van der Waals surface area contributed by atoms with Crippen LogP contribution in [0, 0.1) is 16.0 Å². The normalized spacial score (nSPS) is 26.5. The molecule has 1 saturated heterocycles. The molecular weight excluding hydrogens is 222 g/mol. The van der Waals surface area contributed by atoms with Crippen molar-refractivity contribution in [1.29, 1.82) is 0 Å². The van der Waals surface area contributed by atoms with Crippen LogP contribution in [0.2, 0.25) is 0 Å². The summed E-state index contributed by atoms with van der Waals surface area (Å²) in [6.45, 7) is 0.946. The number of hydrogen-bond acceptors (Lipinski definition) is 6. The van der Waals surface area contributed by atoms with Crippen molar-refractivity contribution >= 4 is 17.5 Å². The predicted molar refractivity (Wildman–Crippen MR) is 61.6 cm³/mol. The second kappa shape index (κ2) is 3.54. The Morgan fingerprint density at radius 1 is 1.53 bits per heavy atom. The molecule has 2 atom stereocenters. The third kappa shape index (κ3) is 1.58. The lowest BCUT2D eigenvalue weighted by atomic mass is 10.1. The molecule has 2 aliphatic rings. The van der Waals surface area contributed by atoms with Crippen LogP contribution in [0.3, 0.4) is 0 Å². The van der Waals surface area contributed by atoms with Crippen molar-refractivity contribution in [3.05, 3.63) is 16.3 Å². The summed E-state index contributed by atoms with van der Waals surface area (Å²) >= 11 is 0. The van der Waals surface area contributed by atoms with E-state index in [9.17, 15) is 10.1 Å². The van der Waals surface area contributed by atoms with Crippen LogP contribution in [-0.2, 0) is 0 Å². The monoisotopic (exact) mass is 235 g/mol. The first-order valence-corrected chi connectivity index (χ1v) is 5.68. The Morgan fingerprint density at radius 2 is 2.35 bits per heavy atom. The van der Waals surface area contributed by atoms with Gasteiger partial charge in [0, 0.05) is 12.6 Å². The van der Waals surface area contributed by atoms with E-state index in [-0.39, 0.29) is 11.5 Å². The molecule has 17 heavy (non-hydrogen) atoms. The molecule has 0 radical (unpaired) electrons. The lowest BCUT2D eigenvalue weighted by molar-refractivity contribution is -0.384. The van der Waals surface area contributed by atoms with Crippen molar-refractivity contribution in [2.75, 3.05) is 17.2 Å². The Balaban J connectivity index is 1.89. The highest BCUT2D eigenvalue weighted by atomic mass is 16.6. The van der Waals surface area contributed by atoms with Crippen molar-refractivity contribution in [2.24, 2.45) is 5.92 Å². The third-order valence-corrected chi connectivity index (χ3v) is 3.65. The highest BCUT2D eigenvalue weighted by Crippen LogP contribution is 2.39. The van der Waals surface area contributed by atoms with Crippen LogP contribution in [0.1, 0.15) is 19.3 Å². The van der Waals surface area contributed by atoms with Gasteiger partial charge in [-0.1, -0.05) is 0 Å². The standard InChI is InChI=1S/C10H13N5O2/c11-9-8(15(16)17)4-12-10(13-9)14-5-6-1-2-7(14)3-6/h4,6-7H,1-3,5H2,(H2,11,12,13). The molecule has 2 heterocycles. The number of aromatic nitrogens is 2. The van der Waals surface area contributed by atoms with E-state index in [1.165, 1.54) is 19.0 Å². The maximum Gasteiger partial charge on any atom is 0.329 e. The van der Waals surface area contributed by atoms with Crippen LogP contribution < -0.4 is 10.6 Å². The Bertz CT molecular complexity index is 478. The van der Waals surface area contributed by atoms with Crippen LogP contribution in [-0.4, -0.2) is 27.5 Å². The SMILES string of the molecule is Nc1nc(N2CC3CCC2C3)ncc1[N+](=O)[O-]. The van der Waals surface area contributed by atoms with Crippen molar-refractivity contribution < 1.29 is 4.92 Å². The minimum Gasteiger partial charge on any atom is -0.378 e. The first kappa shape index (κ1) is 10.2. The number of rotatable bonds is 2. The minimum absolute atomic E-state index is 0.0530. The van der Waals surface area contributed by atoms with Gasteiger partial charge in [0.2, 0.25) is 11.8 Å². The highest BCUT2D eigenvalue weighted by molar-refractivity contribution is 5.54. The number of fused-ring (bicyclic) bond motifs is 2. The number of nitrogen functional groups attached to an aromatic ring is 1. The summed E-state index contributed by atoms with van der Waals surface area (Å²) in [6.07, 6.45) is 4.80. The van der Waals surface area contributed by atoms with E-state index in [1.54, 1.807) is 0 Å². The maximum atomic E-state index is 10.6. The summed E-state index contributed by atoms with van der Waals surface area (Å²) in [5.74, 6) is 1.20. The summed E-state index contributed by atoms with van der Waals surface area (Å²) in [5, 5.41) is 10.6. The molecule has 2 bridgehead atoms. The summed E-state index contributed by atoms with van der Waals surface area (Å²) in [6, 6.07) is 0.487. The van der Waals surface area contributed by atoms with Crippen molar-refractivity contribution in [2.45, 2.75) is 25.3 Å². The van der Waals surface area contributed by atoms with Crippen molar-refractivity contribution in [3.63, 3.8) is 0 Å². The van der Waals surface area contributed by atoms with Gasteiger partial charge >= 0.3 is 5.69 Å². The summed E-state index contributed by atoms with van der Waals surface area (Å²) in [5.41, 5.74) is 5.34. The minimum atomic E-state index is -0.560. The van der Waals surface area contributed by atoms with Gasteiger partial charge in [-0.3, -0.25) is 10.1 Å². The van der Waals surface area contributed by atoms with Crippen LogP contribution in [0.4, 0.5) is 17.5 Å². The molecule has 2 fully saturated rings. The first-order valence-electron chi connectivity index (χ1n) is 5.68. The molecule has 2 N–H and O–H groups in total. The number of nitro groups is 1. The molecule has 1 aliphatic carbocycles. The van der Waals surface area contributed by atoms with Gasteiger partial charge < -0.3 is 10.6 Å². The average molecular weight is 235 g/mol. The molecule has 0 aromatic carbocycles. The Labute approximate surface area is 97.8 Å². The van der Waals surface area contributed by atoms with Crippen LogP contribution in [0.5, 0.6) is 0 Å². The molecule has 90 valence electrons. The molecule has 7 nitrogen and oxygen atoms in total. The topological polar surface area (TPSA) is 98.2 Å². The van der Waals surface area contributed by atoms with Gasteiger partial charge in [0.25, 0.3) is 0 Å². The molecule has 1 saturated carbocycles. The van der Waals surface area contributed by atoms with Crippen molar-refractivity contribution in [1.82, 2.24) is 9.97 Å². The maximum absolute atomic E-state index is 10.6. The van der Waals surface area contributed by atoms with Gasteiger partial charge in [-0.2, -0.15) is 4.98 Å². The zero-order valence-electron chi connectivity index (χ0n) is 9.24. The van der Waals surface area contributed by atoms with E-state index in [2.05, 4.69) is 14.9 Å². The quantitative estimate of drug-likeness (QED) is 0.605. The fourth-order valence-electron chi connectivity index (χ4n) is 2.83. The average Bonchev–Trinajstić information content (AvgIpc) is 2.89. The summed E-state index contributed by atoms with van der Waals surface area (Å²) < 4.78 is 0. The first-order chi connectivity index (χ1) is 8.15. The molecule has 1 aliphatic heterocycles. The van der Waals surface area contributed by atoms with Gasteiger partial charge in [0.05, 0.1) is 4.92 Å². The molecule has 3 rings (SSSR count). The van der Waals surface area contributed by atoms with E-state index in [0.29, 0.717) is 12.0 Å². The second-order valence-electron chi connectivity index (χ2n) is 4.68. The third-order valence-electron chi connectivity index (χ3n) is 3.65. The number of anilines is 2. The van der Waals surface area contributed by atoms with E-state index in [1.807, 2.05) is 0 Å². The Kier molecular flexibility index (Phi) is 2.13. The zero-order chi connectivity index (χ0) is 12.0. The van der Waals surface area contributed by atoms with E-state index in [4.69, 9.17) is 5.73 Å². The van der Waals surface area contributed by atoms with Gasteiger partial charge in [-0.25, -0.2) is 4.98 Å². The van der Waals surface area contributed by atoms with Gasteiger partial charge in [0.1, 0.15) is 6.20 Å². The van der Waals surface area contributed by atoms with Crippen LogP contribution in [0.25, 0.3) is 0 Å². The van der Waals surface area contributed by atoms with Crippen LogP contribution in [0.15, 0.2) is 6.20 Å². The molecule has 7 heteroatoms. The lowest BCUT2D eigenvalue weighted by Crippen LogP contribution is -2.33. The Morgan fingerprint density at radius 3 is 2.88 bits per heavy atom. The predicted octanol–water partition coefficient (Wildman–Crippen LogP) is 0.956. The smallest absolute Gasteiger partial charge is 0.329 e. The second-order valence-corrected chi connectivity index (χ2v) is 4.68. The Hall–Kier alpha value is -1.92. The number of nitrogens with two attached hydrogens (primary N) is 1. The number of piperidine rings is 1. The molecule has 2 unspecified atom stereocenters. The highest BCUT2D eigenvalue weighted by Gasteiger charge is 2.39. The molecule has 0 amide bonds. The fraction of sp³-hybridized carbons (Fsp3) is 0.600. The molecule has 1 aromatic rings. The summed E-state index contributed by atoms with van der Waals surface area (Å²) in [7, 11) is 0.